The molecule has 1 aliphatic heterocycles. The predicted molar refractivity (Wildman–Crippen MR) is 133 cm³/mol. The molecule has 182 valence electrons. The highest BCUT2D eigenvalue weighted by molar-refractivity contribution is 7.10. The molecular formula is C24H27FN8OS. The van der Waals surface area contributed by atoms with Crippen LogP contribution in [0.2, 0.25) is 0 Å². The van der Waals surface area contributed by atoms with Gasteiger partial charge in [-0.15, -0.1) is 0 Å². The summed E-state index contributed by atoms with van der Waals surface area (Å²) in [5.41, 5.74) is 1.65. The maximum absolute atomic E-state index is 14.5. The van der Waals surface area contributed by atoms with E-state index in [-0.39, 0.29) is 12.0 Å². The molecule has 2 N–H and O–H groups in total. The Balaban J connectivity index is 1.51. The standard InChI is InChI=1S/C24H27FN8OS/c1-15-11-27-23(28-20-10-16(2)31-35-20)29-21(15)33-13-24(14-33,8-9-26)30-22(34)17-6-5-7-19(25)18(17)12-32(3)4/h5-7,10-11H,8,12-14H2,1-4H3,(H,30,34)(H,27,28,29). The molecule has 11 heteroatoms. The zero-order valence-corrected chi connectivity index (χ0v) is 20.9. The molecule has 0 spiro atoms. The molecule has 0 bridgehead atoms. The van der Waals surface area contributed by atoms with Crippen molar-refractivity contribution in [3.8, 4) is 6.07 Å². The van der Waals surface area contributed by atoms with E-state index >= 15 is 0 Å². The molecule has 4 rings (SSSR count). The number of aromatic nitrogens is 3. The fourth-order valence-electron chi connectivity index (χ4n) is 4.12. The number of nitrogens with zero attached hydrogens (tertiary/aromatic N) is 6. The molecule has 3 heterocycles. The van der Waals surface area contributed by atoms with Crippen LogP contribution in [-0.4, -0.2) is 57.9 Å². The van der Waals surface area contributed by atoms with E-state index in [4.69, 9.17) is 0 Å². The van der Waals surface area contributed by atoms with Gasteiger partial charge in [-0.05, 0) is 57.7 Å². The second kappa shape index (κ2) is 9.93. The minimum Gasteiger partial charge on any atom is -0.351 e. The molecule has 0 saturated carbocycles. The number of carbonyl (C=O) groups is 1. The lowest BCUT2D eigenvalue weighted by molar-refractivity contribution is 0.0877. The summed E-state index contributed by atoms with van der Waals surface area (Å²) in [6.07, 6.45) is 1.87. The monoisotopic (exact) mass is 494 g/mol. The van der Waals surface area contributed by atoms with Crippen molar-refractivity contribution in [1.82, 2.24) is 24.6 Å². The highest BCUT2D eigenvalue weighted by atomic mass is 32.1. The van der Waals surface area contributed by atoms with Gasteiger partial charge in [-0.3, -0.25) is 4.79 Å². The van der Waals surface area contributed by atoms with E-state index in [1.165, 1.54) is 23.7 Å². The van der Waals surface area contributed by atoms with Gasteiger partial charge in [0.2, 0.25) is 5.95 Å². The second-order valence-electron chi connectivity index (χ2n) is 9.09. The Labute approximate surface area is 207 Å². The summed E-state index contributed by atoms with van der Waals surface area (Å²) in [7, 11) is 3.64. The summed E-state index contributed by atoms with van der Waals surface area (Å²) in [5.74, 6) is 0.358. The highest BCUT2D eigenvalue weighted by Gasteiger charge is 2.45. The first-order valence-electron chi connectivity index (χ1n) is 11.1. The van der Waals surface area contributed by atoms with Gasteiger partial charge in [-0.25, -0.2) is 9.37 Å². The van der Waals surface area contributed by atoms with Gasteiger partial charge in [-0.1, -0.05) is 6.07 Å². The largest absolute Gasteiger partial charge is 0.351 e. The van der Waals surface area contributed by atoms with Gasteiger partial charge >= 0.3 is 0 Å². The van der Waals surface area contributed by atoms with Crippen molar-refractivity contribution < 1.29 is 9.18 Å². The lowest BCUT2D eigenvalue weighted by Gasteiger charge is -2.50. The number of rotatable bonds is 8. The molecule has 0 atom stereocenters. The summed E-state index contributed by atoms with van der Waals surface area (Å²) in [4.78, 5) is 26.0. The van der Waals surface area contributed by atoms with Crippen molar-refractivity contribution in [3.63, 3.8) is 0 Å². The average molecular weight is 495 g/mol. The third kappa shape index (κ3) is 5.39. The number of aryl methyl sites for hydroxylation is 2. The molecule has 1 saturated heterocycles. The topological polar surface area (TPSA) is 110 Å². The Bertz CT molecular complexity index is 1280. The Morgan fingerprint density at radius 1 is 1.34 bits per heavy atom. The molecule has 1 aromatic carbocycles. The normalized spacial score (nSPS) is 14.4. The van der Waals surface area contributed by atoms with E-state index in [1.807, 2.05) is 43.8 Å². The molecule has 1 aliphatic rings. The lowest BCUT2D eigenvalue weighted by atomic mass is 9.85. The molecule has 9 nitrogen and oxygen atoms in total. The molecule has 0 radical (unpaired) electrons. The van der Waals surface area contributed by atoms with Gasteiger partial charge in [0.25, 0.3) is 5.91 Å². The number of benzene rings is 1. The lowest BCUT2D eigenvalue weighted by Crippen LogP contribution is -2.70. The number of hydrogen-bond acceptors (Lipinski definition) is 9. The van der Waals surface area contributed by atoms with Gasteiger partial charge in [0.15, 0.2) is 0 Å². The smallest absolute Gasteiger partial charge is 0.252 e. The fraction of sp³-hybridized carbons (Fsp3) is 0.375. The second-order valence-corrected chi connectivity index (χ2v) is 9.89. The Morgan fingerprint density at radius 3 is 2.77 bits per heavy atom. The van der Waals surface area contributed by atoms with Gasteiger partial charge in [0.05, 0.1) is 23.7 Å². The van der Waals surface area contributed by atoms with Crippen LogP contribution >= 0.6 is 11.5 Å². The summed E-state index contributed by atoms with van der Waals surface area (Å²) in [6.45, 7) is 4.93. The first-order chi connectivity index (χ1) is 16.7. The van der Waals surface area contributed by atoms with Crippen molar-refractivity contribution in [2.45, 2.75) is 32.4 Å². The number of amides is 1. The summed E-state index contributed by atoms with van der Waals surface area (Å²) >= 11 is 1.33. The van der Waals surface area contributed by atoms with Crippen LogP contribution < -0.4 is 15.5 Å². The summed E-state index contributed by atoms with van der Waals surface area (Å²) in [5, 5.41) is 16.5. The van der Waals surface area contributed by atoms with Crippen LogP contribution in [0.4, 0.5) is 21.2 Å². The van der Waals surface area contributed by atoms with Crippen LogP contribution in [0.15, 0.2) is 30.5 Å². The van der Waals surface area contributed by atoms with Crippen LogP contribution in [-0.2, 0) is 6.54 Å². The van der Waals surface area contributed by atoms with Crippen molar-refractivity contribution in [1.29, 1.82) is 5.26 Å². The molecule has 1 fully saturated rings. The Kier molecular flexibility index (Phi) is 6.95. The number of anilines is 3. The summed E-state index contributed by atoms with van der Waals surface area (Å²) < 4.78 is 18.7. The maximum atomic E-state index is 14.5. The Morgan fingerprint density at radius 2 is 2.11 bits per heavy atom. The number of carbonyl (C=O) groups excluding carboxylic acids is 1. The third-order valence-corrected chi connectivity index (χ3v) is 6.52. The highest BCUT2D eigenvalue weighted by Crippen LogP contribution is 2.32. The van der Waals surface area contributed by atoms with Crippen LogP contribution in [0.1, 0.15) is 33.6 Å². The quantitative estimate of drug-likeness (QED) is 0.490. The average Bonchev–Trinajstić information content (AvgIpc) is 3.18. The Hall–Kier alpha value is -3.62. The first kappa shape index (κ1) is 24.5. The van der Waals surface area contributed by atoms with E-state index in [1.54, 1.807) is 12.3 Å². The molecule has 3 aromatic rings. The van der Waals surface area contributed by atoms with Crippen LogP contribution in [0, 0.1) is 31.0 Å². The molecule has 0 aliphatic carbocycles. The van der Waals surface area contributed by atoms with Gasteiger partial charge in [0, 0.05) is 42.5 Å². The van der Waals surface area contributed by atoms with E-state index < -0.39 is 17.3 Å². The molecule has 2 aromatic heterocycles. The maximum Gasteiger partial charge on any atom is 0.252 e. The molecule has 0 unspecified atom stereocenters. The third-order valence-electron chi connectivity index (χ3n) is 5.73. The zero-order chi connectivity index (χ0) is 25.2. The summed E-state index contributed by atoms with van der Waals surface area (Å²) in [6, 6.07) is 8.59. The van der Waals surface area contributed by atoms with Crippen molar-refractivity contribution in [2.75, 3.05) is 37.4 Å². The first-order valence-corrected chi connectivity index (χ1v) is 11.9. The number of nitrogens with one attached hydrogen (secondary N) is 2. The van der Waals surface area contributed by atoms with E-state index in [0.717, 1.165) is 22.1 Å². The van der Waals surface area contributed by atoms with Crippen molar-refractivity contribution in [3.05, 3.63) is 58.7 Å². The van der Waals surface area contributed by atoms with Crippen molar-refractivity contribution >= 4 is 34.2 Å². The van der Waals surface area contributed by atoms with E-state index in [2.05, 4.69) is 31.0 Å². The SMILES string of the molecule is Cc1cc(Nc2ncc(C)c(N3CC(CC#N)(NC(=O)c4cccc(F)c4CN(C)C)C3)n2)sn1. The van der Waals surface area contributed by atoms with E-state index in [9.17, 15) is 14.4 Å². The van der Waals surface area contributed by atoms with Gasteiger partial charge < -0.3 is 20.4 Å². The van der Waals surface area contributed by atoms with Crippen LogP contribution in [0.3, 0.4) is 0 Å². The molecule has 1 amide bonds. The minimum absolute atomic E-state index is 0.128. The van der Waals surface area contributed by atoms with Gasteiger partial charge in [-0.2, -0.15) is 14.6 Å². The molecule has 35 heavy (non-hydrogen) atoms. The van der Waals surface area contributed by atoms with Gasteiger partial charge in [0.1, 0.15) is 16.6 Å². The number of nitriles is 1. The number of halogens is 1. The van der Waals surface area contributed by atoms with E-state index in [0.29, 0.717) is 31.1 Å². The van der Waals surface area contributed by atoms with Crippen LogP contribution in [0.5, 0.6) is 0 Å². The minimum atomic E-state index is -0.757. The predicted octanol–water partition coefficient (Wildman–Crippen LogP) is 3.40. The van der Waals surface area contributed by atoms with Crippen LogP contribution in [0.25, 0.3) is 0 Å². The number of hydrogen-bond donors (Lipinski definition) is 2. The van der Waals surface area contributed by atoms with Crippen molar-refractivity contribution in [2.24, 2.45) is 0 Å². The zero-order valence-electron chi connectivity index (χ0n) is 20.1. The molecular weight excluding hydrogens is 467 g/mol. The fourth-order valence-corrected chi connectivity index (χ4v) is 4.78.